The molecule has 132 valence electrons. The molecule has 0 spiro atoms. The molecule has 1 aliphatic heterocycles. The van der Waals surface area contributed by atoms with E-state index in [4.69, 9.17) is 9.26 Å². The van der Waals surface area contributed by atoms with E-state index in [9.17, 15) is 4.79 Å². The van der Waals surface area contributed by atoms with Crippen molar-refractivity contribution in [2.75, 3.05) is 5.32 Å². The van der Waals surface area contributed by atoms with E-state index in [2.05, 4.69) is 15.8 Å². The van der Waals surface area contributed by atoms with E-state index < -0.39 is 0 Å². The molecule has 26 heavy (non-hydrogen) atoms. The molecule has 6 nitrogen and oxygen atoms in total. The SMILES string of the molecule is Cc1noc(C)c1COc1ccc([C@H]2NC(=O)c3ccccc3N2)cc1. The van der Waals surface area contributed by atoms with Gasteiger partial charge in [-0.05, 0) is 43.7 Å². The molecule has 2 aromatic carbocycles. The first-order valence-electron chi connectivity index (χ1n) is 8.43. The van der Waals surface area contributed by atoms with E-state index in [1.54, 1.807) is 6.07 Å². The maximum absolute atomic E-state index is 12.2. The lowest BCUT2D eigenvalue weighted by Gasteiger charge is -2.28. The topological polar surface area (TPSA) is 76.4 Å². The molecule has 0 aliphatic carbocycles. The first-order chi connectivity index (χ1) is 12.6. The third-order valence-corrected chi connectivity index (χ3v) is 4.52. The largest absolute Gasteiger partial charge is 0.489 e. The molecular weight excluding hydrogens is 330 g/mol. The van der Waals surface area contributed by atoms with E-state index in [1.807, 2.05) is 56.3 Å². The van der Waals surface area contributed by atoms with Crippen molar-refractivity contribution in [2.24, 2.45) is 0 Å². The summed E-state index contributed by atoms with van der Waals surface area (Å²) in [6, 6.07) is 15.1. The van der Waals surface area contributed by atoms with Crippen LogP contribution in [0.2, 0.25) is 0 Å². The Morgan fingerprint density at radius 2 is 1.85 bits per heavy atom. The fourth-order valence-corrected chi connectivity index (χ4v) is 2.99. The smallest absolute Gasteiger partial charge is 0.255 e. The van der Waals surface area contributed by atoms with Gasteiger partial charge in [-0.1, -0.05) is 29.4 Å². The van der Waals surface area contributed by atoms with Crippen LogP contribution in [0.4, 0.5) is 5.69 Å². The second kappa shape index (κ2) is 6.55. The number of carbonyl (C=O) groups excluding carboxylic acids is 1. The van der Waals surface area contributed by atoms with Crippen molar-refractivity contribution in [3.63, 3.8) is 0 Å². The minimum absolute atomic E-state index is 0.0805. The predicted octanol–water partition coefficient (Wildman–Crippen LogP) is 3.72. The molecule has 1 amide bonds. The summed E-state index contributed by atoms with van der Waals surface area (Å²) in [6.07, 6.45) is -0.269. The maximum Gasteiger partial charge on any atom is 0.255 e. The van der Waals surface area contributed by atoms with E-state index in [-0.39, 0.29) is 12.1 Å². The van der Waals surface area contributed by atoms with Crippen LogP contribution in [0.25, 0.3) is 0 Å². The predicted molar refractivity (Wildman–Crippen MR) is 97.0 cm³/mol. The van der Waals surface area contributed by atoms with Crippen LogP contribution in [0, 0.1) is 13.8 Å². The summed E-state index contributed by atoms with van der Waals surface area (Å²) in [5.74, 6) is 1.44. The maximum atomic E-state index is 12.2. The zero-order chi connectivity index (χ0) is 18.1. The quantitative estimate of drug-likeness (QED) is 0.751. The van der Waals surface area contributed by atoms with Crippen LogP contribution in [0.15, 0.2) is 53.1 Å². The van der Waals surface area contributed by atoms with Crippen LogP contribution >= 0.6 is 0 Å². The molecule has 0 saturated carbocycles. The lowest BCUT2D eigenvalue weighted by atomic mass is 10.1. The van der Waals surface area contributed by atoms with Crippen molar-refractivity contribution < 1.29 is 14.1 Å². The Hall–Kier alpha value is -3.28. The van der Waals surface area contributed by atoms with Gasteiger partial charge in [0.05, 0.1) is 16.8 Å². The molecule has 1 aromatic heterocycles. The van der Waals surface area contributed by atoms with Crippen LogP contribution in [0.5, 0.6) is 5.75 Å². The standard InChI is InChI=1S/C20H19N3O3/c1-12-17(13(2)26-23-12)11-25-15-9-7-14(8-10-15)19-21-18-6-4-3-5-16(18)20(24)22-19/h3-10,19,21H,11H2,1-2H3,(H,22,24)/t19-/m1/s1. The van der Waals surface area contributed by atoms with E-state index in [0.29, 0.717) is 12.2 Å². The zero-order valence-corrected chi connectivity index (χ0v) is 14.6. The number of amides is 1. The molecule has 3 aromatic rings. The molecule has 0 fully saturated rings. The van der Waals surface area contributed by atoms with Crippen molar-refractivity contribution in [1.82, 2.24) is 10.5 Å². The summed E-state index contributed by atoms with van der Waals surface area (Å²) in [7, 11) is 0. The van der Waals surface area contributed by atoms with Crippen molar-refractivity contribution in [3.8, 4) is 5.75 Å². The Morgan fingerprint density at radius 1 is 1.08 bits per heavy atom. The van der Waals surface area contributed by atoms with Crippen molar-refractivity contribution in [1.29, 1.82) is 0 Å². The molecule has 2 heterocycles. The third-order valence-electron chi connectivity index (χ3n) is 4.52. The number of hydrogen-bond acceptors (Lipinski definition) is 5. The molecule has 0 radical (unpaired) electrons. The van der Waals surface area contributed by atoms with E-state index in [1.165, 1.54) is 0 Å². The molecule has 1 atom stereocenters. The number of benzene rings is 2. The van der Waals surface area contributed by atoms with Gasteiger partial charge in [0.15, 0.2) is 0 Å². The van der Waals surface area contributed by atoms with Crippen LogP contribution in [-0.2, 0) is 6.61 Å². The zero-order valence-electron chi connectivity index (χ0n) is 14.6. The fourth-order valence-electron chi connectivity index (χ4n) is 2.99. The minimum Gasteiger partial charge on any atom is -0.489 e. The van der Waals surface area contributed by atoms with E-state index in [0.717, 1.165) is 34.0 Å². The Balaban J connectivity index is 1.46. The summed E-state index contributed by atoms with van der Waals surface area (Å²) >= 11 is 0. The highest BCUT2D eigenvalue weighted by Gasteiger charge is 2.24. The monoisotopic (exact) mass is 349 g/mol. The molecule has 0 saturated heterocycles. The highest BCUT2D eigenvalue weighted by molar-refractivity contribution is 6.01. The second-order valence-electron chi connectivity index (χ2n) is 6.26. The number of carbonyl (C=O) groups is 1. The third kappa shape index (κ3) is 3.01. The van der Waals surface area contributed by atoms with Gasteiger partial charge < -0.3 is 19.9 Å². The van der Waals surface area contributed by atoms with Gasteiger partial charge >= 0.3 is 0 Å². The molecular formula is C20H19N3O3. The lowest BCUT2D eigenvalue weighted by Crippen LogP contribution is -2.38. The Kier molecular flexibility index (Phi) is 4.08. The molecule has 4 rings (SSSR count). The summed E-state index contributed by atoms with van der Waals surface area (Å²) in [5, 5.41) is 10.2. The highest BCUT2D eigenvalue weighted by Crippen LogP contribution is 2.27. The first kappa shape index (κ1) is 16.2. The molecule has 0 bridgehead atoms. The van der Waals surface area contributed by atoms with Crippen molar-refractivity contribution >= 4 is 11.6 Å². The normalized spacial score (nSPS) is 15.8. The van der Waals surface area contributed by atoms with E-state index >= 15 is 0 Å². The Bertz CT molecular complexity index is 928. The molecule has 2 N–H and O–H groups in total. The number of para-hydroxylation sites is 1. The summed E-state index contributed by atoms with van der Waals surface area (Å²) < 4.78 is 11.0. The molecule has 6 heteroatoms. The number of nitrogens with zero attached hydrogens (tertiary/aromatic N) is 1. The van der Waals surface area contributed by atoms with Crippen molar-refractivity contribution in [3.05, 3.63) is 76.7 Å². The van der Waals surface area contributed by atoms with Gasteiger partial charge in [-0.2, -0.15) is 0 Å². The minimum atomic E-state index is -0.269. The number of aromatic nitrogens is 1. The van der Waals surface area contributed by atoms with Gasteiger partial charge in [0.25, 0.3) is 5.91 Å². The second-order valence-corrected chi connectivity index (χ2v) is 6.26. The Labute approximate surface area is 151 Å². The van der Waals surface area contributed by atoms with Crippen LogP contribution < -0.4 is 15.4 Å². The van der Waals surface area contributed by atoms with Gasteiger partial charge in [0, 0.05) is 5.69 Å². The Morgan fingerprint density at radius 3 is 2.58 bits per heavy atom. The summed E-state index contributed by atoms with van der Waals surface area (Å²) in [4.78, 5) is 12.2. The highest BCUT2D eigenvalue weighted by atomic mass is 16.5. The number of aryl methyl sites for hydroxylation is 2. The number of anilines is 1. The number of hydrogen-bond donors (Lipinski definition) is 2. The summed E-state index contributed by atoms with van der Waals surface area (Å²) in [5.41, 5.74) is 4.25. The van der Waals surface area contributed by atoms with Crippen LogP contribution in [-0.4, -0.2) is 11.1 Å². The first-order valence-corrected chi connectivity index (χ1v) is 8.43. The van der Waals surface area contributed by atoms with Gasteiger partial charge in [-0.15, -0.1) is 0 Å². The van der Waals surface area contributed by atoms with Crippen LogP contribution in [0.1, 0.15) is 39.1 Å². The van der Waals surface area contributed by atoms with Crippen LogP contribution in [0.3, 0.4) is 0 Å². The number of ether oxygens (including phenoxy) is 1. The number of nitrogens with one attached hydrogen (secondary N) is 2. The average molecular weight is 349 g/mol. The van der Waals surface area contributed by atoms with Gasteiger partial charge in [-0.3, -0.25) is 4.79 Å². The average Bonchev–Trinajstić information content (AvgIpc) is 2.98. The molecule has 0 unspecified atom stereocenters. The van der Waals surface area contributed by atoms with Gasteiger partial charge in [-0.25, -0.2) is 0 Å². The van der Waals surface area contributed by atoms with Gasteiger partial charge in [0.2, 0.25) is 0 Å². The molecule has 1 aliphatic rings. The fraction of sp³-hybridized carbons (Fsp3) is 0.200. The lowest BCUT2D eigenvalue weighted by molar-refractivity contribution is 0.0935. The van der Waals surface area contributed by atoms with Crippen molar-refractivity contribution in [2.45, 2.75) is 26.6 Å². The number of fused-ring (bicyclic) bond motifs is 1. The number of rotatable bonds is 4. The summed E-state index contributed by atoms with van der Waals surface area (Å²) in [6.45, 7) is 4.18. The van der Waals surface area contributed by atoms with Gasteiger partial charge in [0.1, 0.15) is 24.3 Å².